The summed E-state index contributed by atoms with van der Waals surface area (Å²) in [5, 5.41) is 10.7. The number of rotatable bonds is 4. The van der Waals surface area contributed by atoms with Crippen LogP contribution in [0, 0.1) is 5.92 Å². The Kier molecular flexibility index (Phi) is 3.59. The van der Waals surface area contributed by atoms with Gasteiger partial charge < -0.3 is 14.6 Å². The standard InChI is InChI=1S/C15H15ClN2O3/c16-12-1-2-13-10(7-12)3-4-17(13)5-6-18-9-11(15(20)21)8-14(18)19/h1-4,7,11H,5-6,8-9H2,(H,20,21). The second kappa shape index (κ2) is 5.41. The van der Waals surface area contributed by atoms with E-state index in [0.29, 0.717) is 24.7 Å². The van der Waals surface area contributed by atoms with E-state index >= 15 is 0 Å². The first-order chi connectivity index (χ1) is 10.0. The molecule has 1 N–H and O–H groups in total. The van der Waals surface area contributed by atoms with E-state index in [2.05, 4.69) is 0 Å². The second-order valence-electron chi connectivity index (χ2n) is 5.29. The van der Waals surface area contributed by atoms with Gasteiger partial charge in [-0.15, -0.1) is 0 Å². The fourth-order valence-corrected chi connectivity index (χ4v) is 2.93. The molecule has 1 amide bonds. The lowest BCUT2D eigenvalue weighted by molar-refractivity contribution is -0.141. The van der Waals surface area contributed by atoms with E-state index < -0.39 is 11.9 Å². The van der Waals surface area contributed by atoms with Gasteiger partial charge in [-0.05, 0) is 24.3 Å². The van der Waals surface area contributed by atoms with Crippen molar-refractivity contribution in [1.82, 2.24) is 9.47 Å². The minimum Gasteiger partial charge on any atom is -0.481 e. The number of benzene rings is 1. The van der Waals surface area contributed by atoms with Crippen molar-refractivity contribution >= 4 is 34.4 Å². The molecule has 2 aromatic rings. The molecule has 1 atom stereocenters. The SMILES string of the molecule is O=C(O)C1CC(=O)N(CCn2ccc3cc(Cl)ccc32)C1. The highest BCUT2D eigenvalue weighted by Crippen LogP contribution is 2.22. The van der Waals surface area contributed by atoms with Crippen molar-refractivity contribution in [2.24, 2.45) is 5.92 Å². The Morgan fingerprint density at radius 2 is 2.14 bits per heavy atom. The summed E-state index contributed by atoms with van der Waals surface area (Å²) in [5.74, 6) is -1.55. The lowest BCUT2D eigenvalue weighted by Gasteiger charge is -2.16. The molecule has 0 spiro atoms. The van der Waals surface area contributed by atoms with E-state index in [0.717, 1.165) is 10.9 Å². The Balaban J connectivity index is 1.69. The molecule has 3 rings (SSSR count). The van der Waals surface area contributed by atoms with Gasteiger partial charge in [-0.2, -0.15) is 0 Å². The monoisotopic (exact) mass is 306 g/mol. The molecule has 2 heterocycles. The minimum atomic E-state index is -0.896. The van der Waals surface area contributed by atoms with E-state index in [-0.39, 0.29) is 12.3 Å². The number of carboxylic acid groups (broad SMARTS) is 1. The normalized spacial score (nSPS) is 18.6. The highest BCUT2D eigenvalue weighted by atomic mass is 35.5. The number of amides is 1. The molecule has 110 valence electrons. The van der Waals surface area contributed by atoms with Gasteiger partial charge in [-0.25, -0.2) is 0 Å². The quantitative estimate of drug-likeness (QED) is 0.942. The molecule has 1 fully saturated rings. The molecule has 1 aromatic heterocycles. The average Bonchev–Trinajstić information content (AvgIpc) is 3.00. The zero-order valence-corrected chi connectivity index (χ0v) is 12.1. The molecule has 1 saturated heterocycles. The first-order valence-corrected chi connectivity index (χ1v) is 7.17. The first kappa shape index (κ1) is 13.9. The Hall–Kier alpha value is -2.01. The number of nitrogens with zero attached hydrogens (tertiary/aromatic N) is 2. The lowest BCUT2D eigenvalue weighted by Crippen LogP contribution is -2.29. The summed E-state index contributed by atoms with van der Waals surface area (Å²) in [6, 6.07) is 7.66. The molecule has 1 aliphatic heterocycles. The Morgan fingerprint density at radius 3 is 2.86 bits per heavy atom. The molecular weight excluding hydrogens is 292 g/mol. The zero-order valence-electron chi connectivity index (χ0n) is 11.3. The molecule has 1 unspecified atom stereocenters. The van der Waals surface area contributed by atoms with E-state index in [1.165, 1.54) is 0 Å². The third kappa shape index (κ3) is 2.74. The Labute approximate surface area is 126 Å². The molecule has 0 saturated carbocycles. The van der Waals surface area contributed by atoms with Gasteiger partial charge in [0.1, 0.15) is 0 Å². The highest BCUT2D eigenvalue weighted by molar-refractivity contribution is 6.31. The minimum absolute atomic E-state index is 0.0816. The van der Waals surface area contributed by atoms with Gasteiger partial charge in [0.2, 0.25) is 5.91 Å². The molecule has 6 heteroatoms. The van der Waals surface area contributed by atoms with Crippen molar-refractivity contribution in [2.75, 3.05) is 13.1 Å². The number of carbonyl (C=O) groups is 2. The van der Waals surface area contributed by atoms with Gasteiger partial charge in [0.25, 0.3) is 0 Å². The number of hydrogen-bond acceptors (Lipinski definition) is 2. The van der Waals surface area contributed by atoms with Crippen molar-refractivity contribution in [3.05, 3.63) is 35.5 Å². The maximum absolute atomic E-state index is 11.8. The van der Waals surface area contributed by atoms with Crippen molar-refractivity contribution in [2.45, 2.75) is 13.0 Å². The van der Waals surface area contributed by atoms with Crippen molar-refractivity contribution in [3.63, 3.8) is 0 Å². The molecule has 1 aliphatic rings. The third-order valence-electron chi connectivity index (χ3n) is 3.91. The summed E-state index contributed by atoms with van der Waals surface area (Å²) in [4.78, 5) is 24.4. The molecule has 0 aliphatic carbocycles. The number of likely N-dealkylation sites (tertiary alicyclic amines) is 1. The molecule has 21 heavy (non-hydrogen) atoms. The van der Waals surface area contributed by atoms with Crippen molar-refractivity contribution in [1.29, 1.82) is 0 Å². The van der Waals surface area contributed by atoms with Crippen LogP contribution in [0.2, 0.25) is 5.02 Å². The number of hydrogen-bond donors (Lipinski definition) is 1. The van der Waals surface area contributed by atoms with Crippen LogP contribution < -0.4 is 0 Å². The van der Waals surface area contributed by atoms with Gasteiger partial charge in [0.05, 0.1) is 5.92 Å². The summed E-state index contributed by atoms with van der Waals surface area (Å²) in [6.45, 7) is 1.47. The van der Waals surface area contributed by atoms with E-state index in [1.807, 2.05) is 35.0 Å². The number of fused-ring (bicyclic) bond motifs is 1. The molecule has 5 nitrogen and oxygen atoms in total. The van der Waals surface area contributed by atoms with Crippen LogP contribution in [-0.2, 0) is 16.1 Å². The zero-order chi connectivity index (χ0) is 15.0. The third-order valence-corrected chi connectivity index (χ3v) is 4.14. The number of carbonyl (C=O) groups excluding carboxylic acids is 1. The maximum atomic E-state index is 11.8. The summed E-state index contributed by atoms with van der Waals surface area (Å²) >= 11 is 5.96. The summed E-state index contributed by atoms with van der Waals surface area (Å²) in [5.41, 5.74) is 1.06. The van der Waals surface area contributed by atoms with Crippen LogP contribution in [0.5, 0.6) is 0 Å². The average molecular weight is 307 g/mol. The Bertz CT molecular complexity index is 710. The van der Waals surface area contributed by atoms with Crippen LogP contribution in [-0.4, -0.2) is 39.5 Å². The topological polar surface area (TPSA) is 62.5 Å². The highest BCUT2D eigenvalue weighted by Gasteiger charge is 2.33. The predicted molar refractivity (Wildman–Crippen MR) is 79.3 cm³/mol. The lowest BCUT2D eigenvalue weighted by atomic mass is 10.1. The Morgan fingerprint density at radius 1 is 1.33 bits per heavy atom. The number of aliphatic carboxylic acids is 1. The van der Waals surface area contributed by atoms with Crippen molar-refractivity contribution in [3.8, 4) is 0 Å². The van der Waals surface area contributed by atoms with Gasteiger partial charge in [-0.1, -0.05) is 11.6 Å². The number of carboxylic acids is 1. The fourth-order valence-electron chi connectivity index (χ4n) is 2.75. The molecule has 0 bridgehead atoms. The molecule has 0 radical (unpaired) electrons. The largest absolute Gasteiger partial charge is 0.481 e. The van der Waals surface area contributed by atoms with Crippen molar-refractivity contribution < 1.29 is 14.7 Å². The summed E-state index contributed by atoms with van der Waals surface area (Å²) < 4.78 is 2.05. The van der Waals surface area contributed by atoms with Crippen LogP contribution in [0.4, 0.5) is 0 Å². The second-order valence-corrected chi connectivity index (χ2v) is 5.73. The maximum Gasteiger partial charge on any atom is 0.308 e. The van der Waals surface area contributed by atoms with Crippen LogP contribution in [0.1, 0.15) is 6.42 Å². The summed E-state index contributed by atoms with van der Waals surface area (Å²) in [7, 11) is 0. The van der Waals surface area contributed by atoms with Gasteiger partial charge in [0, 0.05) is 48.2 Å². The van der Waals surface area contributed by atoms with Crippen LogP contribution in [0.25, 0.3) is 10.9 Å². The first-order valence-electron chi connectivity index (χ1n) is 6.79. The van der Waals surface area contributed by atoms with Gasteiger partial charge in [-0.3, -0.25) is 9.59 Å². The van der Waals surface area contributed by atoms with Crippen LogP contribution in [0.15, 0.2) is 30.5 Å². The number of halogens is 1. The summed E-state index contributed by atoms with van der Waals surface area (Å²) in [6.07, 6.45) is 2.06. The van der Waals surface area contributed by atoms with Gasteiger partial charge in [0.15, 0.2) is 0 Å². The molecular formula is C15H15ClN2O3. The smallest absolute Gasteiger partial charge is 0.308 e. The predicted octanol–water partition coefficient (Wildman–Crippen LogP) is 2.23. The van der Waals surface area contributed by atoms with E-state index in [4.69, 9.17) is 16.7 Å². The van der Waals surface area contributed by atoms with E-state index in [1.54, 1.807) is 4.90 Å². The van der Waals surface area contributed by atoms with Crippen LogP contribution in [0.3, 0.4) is 0 Å². The fraction of sp³-hybridized carbons (Fsp3) is 0.333. The van der Waals surface area contributed by atoms with Gasteiger partial charge >= 0.3 is 5.97 Å². The van der Waals surface area contributed by atoms with Crippen LogP contribution >= 0.6 is 11.6 Å². The van der Waals surface area contributed by atoms with E-state index in [9.17, 15) is 9.59 Å². The molecule has 1 aromatic carbocycles. The number of aromatic nitrogens is 1.